The van der Waals surface area contributed by atoms with Crippen molar-refractivity contribution in [3.8, 4) is 17.2 Å². The Hall–Kier alpha value is -3.08. The van der Waals surface area contributed by atoms with Crippen molar-refractivity contribution in [3.05, 3.63) is 59.2 Å². The number of hydrogen-bond acceptors (Lipinski definition) is 5. The van der Waals surface area contributed by atoms with Gasteiger partial charge < -0.3 is 14.6 Å². The van der Waals surface area contributed by atoms with E-state index in [0.29, 0.717) is 11.3 Å². The maximum atomic E-state index is 12.6. The number of phenolic OH excluding ortho intramolecular Hbond substituents is 1. The van der Waals surface area contributed by atoms with Crippen molar-refractivity contribution in [1.29, 1.82) is 0 Å². The van der Waals surface area contributed by atoms with E-state index < -0.39 is 6.10 Å². The molecule has 0 saturated carbocycles. The molecule has 0 aromatic heterocycles. The minimum absolute atomic E-state index is 0.121. The van der Waals surface area contributed by atoms with E-state index in [1.807, 2.05) is 30.3 Å². The van der Waals surface area contributed by atoms with E-state index in [-0.39, 0.29) is 35.0 Å². The normalized spacial score (nSPS) is 16.4. The second-order valence-corrected chi connectivity index (χ2v) is 5.80. The zero-order chi connectivity index (χ0) is 18.0. The Morgan fingerprint density at radius 2 is 2.04 bits per heavy atom. The van der Waals surface area contributed by atoms with Crippen LogP contribution in [0.1, 0.15) is 40.9 Å². The van der Waals surface area contributed by atoms with Crippen LogP contribution in [-0.4, -0.2) is 23.8 Å². The number of Topliss-reactive ketones (excluding diaryl/α,β-unsaturated/α-hetero) is 1. The van der Waals surface area contributed by atoms with Gasteiger partial charge in [0.1, 0.15) is 28.9 Å². The van der Waals surface area contributed by atoms with Crippen molar-refractivity contribution in [3.63, 3.8) is 0 Å². The third-order valence-corrected chi connectivity index (χ3v) is 4.05. The first kappa shape index (κ1) is 16.8. The largest absolute Gasteiger partial charge is 0.507 e. The number of carbonyl (C=O) groups is 2. The minimum Gasteiger partial charge on any atom is -0.507 e. The van der Waals surface area contributed by atoms with Crippen LogP contribution < -0.4 is 9.47 Å². The monoisotopic (exact) mass is 338 g/mol. The molecule has 128 valence electrons. The van der Waals surface area contributed by atoms with Gasteiger partial charge in [-0.15, -0.1) is 0 Å². The molecule has 1 N–H and O–H groups in total. The number of rotatable bonds is 4. The summed E-state index contributed by atoms with van der Waals surface area (Å²) in [4.78, 5) is 23.9. The fraction of sp³-hybridized carbons (Fsp3) is 0.200. The predicted octanol–water partition coefficient (Wildman–Crippen LogP) is 3.71. The third kappa shape index (κ3) is 3.26. The van der Waals surface area contributed by atoms with E-state index in [1.165, 1.54) is 26.2 Å². The van der Waals surface area contributed by atoms with Crippen molar-refractivity contribution in [1.82, 2.24) is 0 Å². The van der Waals surface area contributed by atoms with E-state index in [0.717, 1.165) is 5.56 Å². The van der Waals surface area contributed by atoms with Gasteiger partial charge in [-0.1, -0.05) is 30.3 Å². The molecule has 25 heavy (non-hydrogen) atoms. The number of methoxy groups -OCH3 is 1. The molecule has 0 bridgehead atoms. The van der Waals surface area contributed by atoms with Crippen molar-refractivity contribution < 1.29 is 24.2 Å². The second-order valence-electron chi connectivity index (χ2n) is 5.80. The van der Waals surface area contributed by atoms with Crippen molar-refractivity contribution in [2.45, 2.75) is 19.4 Å². The van der Waals surface area contributed by atoms with Gasteiger partial charge in [0, 0.05) is 6.07 Å². The molecule has 0 saturated heterocycles. The second kappa shape index (κ2) is 6.81. The third-order valence-electron chi connectivity index (χ3n) is 4.05. The number of aromatic hydroxyl groups is 1. The highest BCUT2D eigenvalue weighted by Crippen LogP contribution is 2.46. The van der Waals surface area contributed by atoms with Crippen LogP contribution in [0.25, 0.3) is 6.08 Å². The molecular formula is C20H18O5. The molecule has 2 aromatic carbocycles. The van der Waals surface area contributed by atoms with Crippen molar-refractivity contribution >= 4 is 17.6 Å². The molecule has 1 heterocycles. The number of allylic oxidation sites excluding steroid dienone is 1. The molecule has 0 amide bonds. The highest BCUT2D eigenvalue weighted by atomic mass is 16.5. The number of phenols is 1. The van der Waals surface area contributed by atoms with E-state index in [1.54, 1.807) is 6.08 Å². The molecule has 5 heteroatoms. The average molecular weight is 338 g/mol. The molecule has 2 aromatic rings. The lowest BCUT2D eigenvalue weighted by Gasteiger charge is -2.28. The van der Waals surface area contributed by atoms with Crippen molar-refractivity contribution in [2.24, 2.45) is 0 Å². The molecule has 1 unspecified atom stereocenters. The Bertz CT molecular complexity index is 852. The van der Waals surface area contributed by atoms with Gasteiger partial charge >= 0.3 is 0 Å². The van der Waals surface area contributed by atoms with Gasteiger partial charge in [0.25, 0.3) is 0 Å². The summed E-state index contributed by atoms with van der Waals surface area (Å²) < 4.78 is 11.3. The summed E-state index contributed by atoms with van der Waals surface area (Å²) in [6.07, 6.45) is 2.58. The fourth-order valence-electron chi connectivity index (χ4n) is 2.86. The molecule has 0 fully saturated rings. The highest BCUT2D eigenvalue weighted by Gasteiger charge is 2.33. The zero-order valence-corrected chi connectivity index (χ0v) is 14.0. The Morgan fingerprint density at radius 3 is 2.68 bits per heavy atom. The number of fused-ring (bicyclic) bond motifs is 1. The molecule has 0 spiro atoms. The van der Waals surface area contributed by atoms with Gasteiger partial charge in [-0.25, -0.2) is 0 Å². The molecule has 1 aliphatic heterocycles. The summed E-state index contributed by atoms with van der Waals surface area (Å²) in [5.74, 6) is 0.0106. The summed E-state index contributed by atoms with van der Waals surface area (Å²) in [6.45, 7) is 1.43. The van der Waals surface area contributed by atoms with Crippen LogP contribution in [0.3, 0.4) is 0 Å². The Labute approximate surface area is 145 Å². The minimum atomic E-state index is -0.461. The van der Waals surface area contributed by atoms with Crippen LogP contribution in [0.5, 0.6) is 17.2 Å². The van der Waals surface area contributed by atoms with E-state index in [4.69, 9.17) is 9.47 Å². The quantitative estimate of drug-likeness (QED) is 0.860. The van der Waals surface area contributed by atoms with Gasteiger partial charge in [-0.2, -0.15) is 0 Å². The highest BCUT2D eigenvalue weighted by molar-refractivity contribution is 6.04. The van der Waals surface area contributed by atoms with Gasteiger partial charge in [0.2, 0.25) is 0 Å². The van der Waals surface area contributed by atoms with E-state index >= 15 is 0 Å². The lowest BCUT2D eigenvalue weighted by Crippen LogP contribution is -2.21. The summed E-state index contributed by atoms with van der Waals surface area (Å²) in [5.41, 5.74) is 1.45. The molecule has 3 rings (SSSR count). The topological polar surface area (TPSA) is 72.8 Å². The molecule has 5 nitrogen and oxygen atoms in total. The number of ketones is 2. The molecule has 1 aliphatic rings. The van der Waals surface area contributed by atoms with E-state index in [9.17, 15) is 14.7 Å². The molecule has 0 radical (unpaired) electrons. The summed E-state index contributed by atoms with van der Waals surface area (Å²) >= 11 is 0. The van der Waals surface area contributed by atoms with Crippen LogP contribution in [0.4, 0.5) is 0 Å². The summed E-state index contributed by atoms with van der Waals surface area (Å²) in [7, 11) is 1.45. The molecule has 0 aliphatic carbocycles. The summed E-state index contributed by atoms with van der Waals surface area (Å²) in [5, 5.41) is 10.2. The standard InChI is InChI=1S/C20H18O5/c1-12(21)8-9-14-18(24-2)11-16(23)19-15(22)10-17(25-20(14)19)13-6-4-3-5-7-13/h3-9,11,17,23H,10H2,1-2H3/b9-8+. The first-order chi connectivity index (χ1) is 12.0. The number of hydrogen-bond donors (Lipinski definition) is 1. The Morgan fingerprint density at radius 1 is 1.32 bits per heavy atom. The Kier molecular flexibility index (Phi) is 4.57. The van der Waals surface area contributed by atoms with Gasteiger partial charge in [0.15, 0.2) is 11.6 Å². The number of carbonyl (C=O) groups excluding carboxylic acids is 2. The van der Waals surface area contributed by atoms with Crippen LogP contribution in [0, 0.1) is 0 Å². The lowest BCUT2D eigenvalue weighted by molar-refractivity contribution is -0.112. The SMILES string of the molecule is COc1cc(O)c2c(c1/C=C/C(C)=O)OC(c1ccccc1)CC2=O. The van der Waals surface area contributed by atoms with E-state index in [2.05, 4.69) is 0 Å². The molecule has 1 atom stereocenters. The van der Waals surface area contributed by atoms with Gasteiger partial charge in [-0.3, -0.25) is 9.59 Å². The van der Waals surface area contributed by atoms with Crippen molar-refractivity contribution in [2.75, 3.05) is 7.11 Å². The molecular weight excluding hydrogens is 320 g/mol. The predicted molar refractivity (Wildman–Crippen MR) is 93.1 cm³/mol. The number of benzene rings is 2. The van der Waals surface area contributed by atoms with Crippen LogP contribution in [0.15, 0.2) is 42.5 Å². The maximum absolute atomic E-state index is 12.6. The maximum Gasteiger partial charge on any atom is 0.174 e. The van der Waals surface area contributed by atoms with Crippen LogP contribution in [-0.2, 0) is 4.79 Å². The first-order valence-corrected chi connectivity index (χ1v) is 7.88. The number of ether oxygens (including phenoxy) is 2. The zero-order valence-electron chi connectivity index (χ0n) is 14.0. The van der Waals surface area contributed by atoms with Crippen LogP contribution >= 0.6 is 0 Å². The Balaban J connectivity index is 2.15. The first-order valence-electron chi connectivity index (χ1n) is 7.88. The van der Waals surface area contributed by atoms with Crippen LogP contribution in [0.2, 0.25) is 0 Å². The lowest BCUT2D eigenvalue weighted by atomic mass is 9.93. The van der Waals surface area contributed by atoms with Gasteiger partial charge in [-0.05, 0) is 24.6 Å². The smallest absolute Gasteiger partial charge is 0.174 e. The average Bonchev–Trinajstić information content (AvgIpc) is 2.60. The summed E-state index contributed by atoms with van der Waals surface area (Å²) in [6, 6.07) is 10.8. The van der Waals surface area contributed by atoms with Gasteiger partial charge in [0.05, 0.1) is 19.1 Å². The fourth-order valence-corrected chi connectivity index (χ4v) is 2.86.